The van der Waals surface area contributed by atoms with Crippen molar-refractivity contribution in [3.05, 3.63) is 54.0 Å². The van der Waals surface area contributed by atoms with E-state index in [0.717, 1.165) is 10.6 Å². The molecule has 24 heavy (non-hydrogen) atoms. The van der Waals surface area contributed by atoms with Crippen LogP contribution >= 0.6 is 11.3 Å². The van der Waals surface area contributed by atoms with Gasteiger partial charge in [-0.25, -0.2) is 4.68 Å². The third-order valence-electron chi connectivity index (χ3n) is 3.26. The van der Waals surface area contributed by atoms with Gasteiger partial charge in [0.1, 0.15) is 5.69 Å². The van der Waals surface area contributed by atoms with Gasteiger partial charge in [-0.15, -0.1) is 11.3 Å². The van der Waals surface area contributed by atoms with E-state index >= 15 is 0 Å². The van der Waals surface area contributed by atoms with Crippen LogP contribution in [0, 0.1) is 0 Å². The normalized spacial score (nSPS) is 10.4. The number of benzene rings is 1. The number of carbonyl (C=O) groups excluding carboxylic acids is 2. The van der Waals surface area contributed by atoms with Crippen molar-refractivity contribution in [3.8, 4) is 16.3 Å². The summed E-state index contributed by atoms with van der Waals surface area (Å²) in [5.74, 6) is -0.542. The first-order chi connectivity index (χ1) is 11.6. The van der Waals surface area contributed by atoms with E-state index in [9.17, 15) is 9.59 Å². The molecular weight excluding hydrogens is 324 g/mol. The zero-order valence-electron chi connectivity index (χ0n) is 13.0. The van der Waals surface area contributed by atoms with E-state index in [1.165, 1.54) is 6.92 Å². The molecule has 0 atom stereocenters. The topological polar surface area (TPSA) is 76.0 Å². The van der Waals surface area contributed by atoms with Crippen molar-refractivity contribution in [3.63, 3.8) is 0 Å². The number of nitrogens with zero attached hydrogens (tertiary/aromatic N) is 2. The summed E-state index contributed by atoms with van der Waals surface area (Å²) in [7, 11) is 0. The molecule has 2 N–H and O–H groups in total. The molecule has 0 aliphatic heterocycles. The number of aromatic nitrogens is 2. The van der Waals surface area contributed by atoms with Gasteiger partial charge in [0.2, 0.25) is 11.8 Å². The van der Waals surface area contributed by atoms with Gasteiger partial charge >= 0.3 is 0 Å². The van der Waals surface area contributed by atoms with Gasteiger partial charge < -0.3 is 10.6 Å². The summed E-state index contributed by atoms with van der Waals surface area (Å²) in [4.78, 5) is 23.9. The molecule has 0 fully saturated rings. The smallest absolute Gasteiger partial charge is 0.243 e. The molecule has 2 heterocycles. The van der Waals surface area contributed by atoms with Crippen LogP contribution in [0.15, 0.2) is 54.0 Å². The Morgan fingerprint density at radius 2 is 1.96 bits per heavy atom. The van der Waals surface area contributed by atoms with E-state index in [4.69, 9.17) is 0 Å². The van der Waals surface area contributed by atoms with Crippen LogP contribution < -0.4 is 10.6 Å². The fourth-order valence-corrected chi connectivity index (χ4v) is 2.90. The molecule has 0 aliphatic carbocycles. The SMILES string of the molecule is CC(=O)NCC(=O)Nc1cn(-c2ccccc2)nc1-c1cccs1. The maximum atomic E-state index is 12.0. The minimum atomic E-state index is -0.296. The third kappa shape index (κ3) is 3.69. The van der Waals surface area contributed by atoms with Crippen LogP contribution in [-0.2, 0) is 9.59 Å². The minimum absolute atomic E-state index is 0.0737. The average Bonchev–Trinajstić information content (AvgIpc) is 3.23. The van der Waals surface area contributed by atoms with Gasteiger partial charge in [0, 0.05) is 6.92 Å². The molecule has 2 amide bonds. The number of hydrogen-bond donors (Lipinski definition) is 2. The molecule has 0 spiro atoms. The predicted octanol–water partition coefficient (Wildman–Crippen LogP) is 2.68. The lowest BCUT2D eigenvalue weighted by Gasteiger charge is -2.04. The molecule has 1 aromatic carbocycles. The van der Waals surface area contributed by atoms with Crippen molar-refractivity contribution < 1.29 is 9.59 Å². The van der Waals surface area contributed by atoms with Crippen LogP contribution in [-0.4, -0.2) is 28.1 Å². The summed E-state index contributed by atoms with van der Waals surface area (Å²) in [5.41, 5.74) is 2.21. The second-order valence-electron chi connectivity index (χ2n) is 5.11. The van der Waals surface area contributed by atoms with E-state index in [1.807, 2.05) is 47.8 Å². The first-order valence-electron chi connectivity index (χ1n) is 7.37. The molecule has 0 bridgehead atoms. The fraction of sp³-hybridized carbons (Fsp3) is 0.118. The van der Waals surface area contributed by atoms with Crippen LogP contribution in [0.3, 0.4) is 0 Å². The Morgan fingerprint density at radius 3 is 2.62 bits per heavy atom. The molecular formula is C17H16N4O2S. The molecule has 3 aromatic rings. The molecule has 0 unspecified atom stereocenters. The first-order valence-corrected chi connectivity index (χ1v) is 8.24. The van der Waals surface area contributed by atoms with Crippen molar-refractivity contribution in [2.45, 2.75) is 6.92 Å². The Labute approximate surface area is 143 Å². The fourth-order valence-electron chi connectivity index (χ4n) is 2.17. The van der Waals surface area contributed by atoms with Gasteiger partial charge in [-0.1, -0.05) is 24.3 Å². The monoisotopic (exact) mass is 340 g/mol. The highest BCUT2D eigenvalue weighted by molar-refractivity contribution is 7.13. The Bertz CT molecular complexity index is 841. The molecule has 3 rings (SSSR count). The largest absolute Gasteiger partial charge is 0.347 e. The van der Waals surface area contributed by atoms with Crippen LogP contribution in [0.2, 0.25) is 0 Å². The molecule has 0 saturated heterocycles. The van der Waals surface area contributed by atoms with E-state index in [1.54, 1.807) is 22.2 Å². The van der Waals surface area contributed by atoms with Gasteiger partial charge in [0.25, 0.3) is 0 Å². The van der Waals surface area contributed by atoms with Gasteiger partial charge in [-0.2, -0.15) is 5.10 Å². The molecule has 0 aliphatic rings. The Hall–Kier alpha value is -2.93. The maximum absolute atomic E-state index is 12.0. The number of carbonyl (C=O) groups is 2. The van der Waals surface area contributed by atoms with Gasteiger partial charge in [0.05, 0.1) is 29.0 Å². The molecule has 2 aromatic heterocycles. The highest BCUT2D eigenvalue weighted by Crippen LogP contribution is 2.31. The first kappa shape index (κ1) is 15.9. The Morgan fingerprint density at radius 1 is 1.17 bits per heavy atom. The predicted molar refractivity (Wildman–Crippen MR) is 94.2 cm³/mol. The standard InChI is InChI=1S/C17H16N4O2S/c1-12(22)18-10-16(23)19-14-11-21(13-6-3-2-4-7-13)20-17(14)15-8-5-9-24-15/h2-9,11H,10H2,1H3,(H,18,22)(H,19,23). The zero-order chi connectivity index (χ0) is 16.9. The van der Waals surface area contributed by atoms with Gasteiger partial charge in [0.15, 0.2) is 0 Å². The van der Waals surface area contributed by atoms with E-state index in [0.29, 0.717) is 11.4 Å². The van der Waals surface area contributed by atoms with Gasteiger partial charge in [-0.05, 0) is 23.6 Å². The summed E-state index contributed by atoms with van der Waals surface area (Å²) < 4.78 is 1.73. The Balaban J connectivity index is 1.90. The molecule has 7 heteroatoms. The van der Waals surface area contributed by atoms with Gasteiger partial charge in [-0.3, -0.25) is 9.59 Å². The average molecular weight is 340 g/mol. The number of amides is 2. The summed E-state index contributed by atoms with van der Waals surface area (Å²) in [6.07, 6.45) is 1.77. The lowest BCUT2D eigenvalue weighted by atomic mass is 10.3. The molecule has 6 nitrogen and oxygen atoms in total. The van der Waals surface area contributed by atoms with Crippen LogP contribution in [0.25, 0.3) is 16.3 Å². The number of rotatable bonds is 5. The summed E-state index contributed by atoms with van der Waals surface area (Å²) >= 11 is 1.55. The summed E-state index contributed by atoms with van der Waals surface area (Å²) in [6, 6.07) is 13.6. The summed E-state index contributed by atoms with van der Waals surface area (Å²) in [5, 5.41) is 11.9. The highest BCUT2D eigenvalue weighted by Gasteiger charge is 2.15. The van der Waals surface area contributed by atoms with Crippen molar-refractivity contribution >= 4 is 28.8 Å². The van der Waals surface area contributed by atoms with Crippen molar-refractivity contribution in [1.82, 2.24) is 15.1 Å². The van der Waals surface area contributed by atoms with Crippen molar-refractivity contribution in [2.24, 2.45) is 0 Å². The number of nitrogens with one attached hydrogen (secondary N) is 2. The minimum Gasteiger partial charge on any atom is -0.347 e. The highest BCUT2D eigenvalue weighted by atomic mass is 32.1. The summed E-state index contributed by atoms with van der Waals surface area (Å²) in [6.45, 7) is 1.30. The number of anilines is 1. The van der Waals surface area contributed by atoms with Crippen molar-refractivity contribution in [2.75, 3.05) is 11.9 Å². The van der Waals surface area contributed by atoms with E-state index in [2.05, 4.69) is 15.7 Å². The number of para-hydroxylation sites is 1. The maximum Gasteiger partial charge on any atom is 0.243 e. The lowest BCUT2D eigenvalue weighted by Crippen LogP contribution is -2.31. The molecule has 0 saturated carbocycles. The van der Waals surface area contributed by atoms with Crippen molar-refractivity contribution in [1.29, 1.82) is 0 Å². The lowest BCUT2D eigenvalue weighted by molar-refractivity contribution is -0.122. The zero-order valence-corrected chi connectivity index (χ0v) is 13.8. The van der Waals surface area contributed by atoms with Crippen LogP contribution in [0.1, 0.15) is 6.92 Å². The molecule has 0 radical (unpaired) electrons. The van der Waals surface area contributed by atoms with Crippen LogP contribution in [0.4, 0.5) is 5.69 Å². The van der Waals surface area contributed by atoms with E-state index in [-0.39, 0.29) is 18.4 Å². The third-order valence-corrected chi connectivity index (χ3v) is 4.14. The second-order valence-corrected chi connectivity index (χ2v) is 6.05. The van der Waals surface area contributed by atoms with E-state index < -0.39 is 0 Å². The second kappa shape index (κ2) is 7.10. The number of thiophene rings is 1. The van der Waals surface area contributed by atoms with Crippen LogP contribution in [0.5, 0.6) is 0 Å². The Kier molecular flexibility index (Phi) is 4.72. The molecule has 122 valence electrons. The quantitative estimate of drug-likeness (QED) is 0.750. The number of hydrogen-bond acceptors (Lipinski definition) is 4.